The summed E-state index contributed by atoms with van der Waals surface area (Å²) in [6, 6.07) is 14.5. The first-order valence-corrected chi connectivity index (χ1v) is 8.55. The predicted octanol–water partition coefficient (Wildman–Crippen LogP) is 3.24. The highest BCUT2D eigenvalue weighted by Crippen LogP contribution is 2.33. The molecule has 0 aliphatic rings. The maximum Gasteiger partial charge on any atom is 0.264 e. The van der Waals surface area contributed by atoms with Crippen molar-refractivity contribution in [1.82, 2.24) is 10.2 Å². The Balaban J connectivity index is 1.61. The van der Waals surface area contributed by atoms with Crippen molar-refractivity contribution >= 4 is 22.4 Å². The molecule has 7 nitrogen and oxygen atoms in total. The average molecular weight is 371 g/mol. The van der Waals surface area contributed by atoms with Gasteiger partial charge in [-0.1, -0.05) is 29.5 Å². The van der Waals surface area contributed by atoms with Crippen LogP contribution in [0.4, 0.5) is 5.13 Å². The third-order valence-electron chi connectivity index (χ3n) is 3.42. The van der Waals surface area contributed by atoms with Crippen LogP contribution in [-0.2, 0) is 4.79 Å². The van der Waals surface area contributed by atoms with Crippen LogP contribution in [0.3, 0.4) is 0 Å². The summed E-state index contributed by atoms with van der Waals surface area (Å²) in [6.45, 7) is -0.142. The highest BCUT2D eigenvalue weighted by atomic mass is 32.1. The predicted molar refractivity (Wildman–Crippen MR) is 99.0 cm³/mol. The second-order valence-electron chi connectivity index (χ2n) is 5.13. The summed E-state index contributed by atoms with van der Waals surface area (Å²) in [6.07, 6.45) is 0. The lowest BCUT2D eigenvalue weighted by Gasteiger charge is -2.07. The summed E-state index contributed by atoms with van der Waals surface area (Å²) < 4.78 is 15.9. The third kappa shape index (κ3) is 4.28. The number of hydrogen-bond donors (Lipinski definition) is 1. The fourth-order valence-electron chi connectivity index (χ4n) is 2.20. The van der Waals surface area contributed by atoms with Gasteiger partial charge in [-0.3, -0.25) is 10.1 Å². The van der Waals surface area contributed by atoms with Crippen molar-refractivity contribution in [3.05, 3.63) is 48.5 Å². The van der Waals surface area contributed by atoms with Gasteiger partial charge in [-0.05, 0) is 24.3 Å². The van der Waals surface area contributed by atoms with Gasteiger partial charge in [0, 0.05) is 6.07 Å². The molecule has 8 heteroatoms. The van der Waals surface area contributed by atoms with E-state index in [0.717, 1.165) is 5.56 Å². The fourth-order valence-corrected chi connectivity index (χ4v) is 2.99. The minimum atomic E-state index is -0.324. The number of ether oxygens (including phenoxy) is 3. The molecule has 1 amide bonds. The van der Waals surface area contributed by atoms with E-state index < -0.39 is 0 Å². The van der Waals surface area contributed by atoms with Crippen LogP contribution in [0.1, 0.15) is 0 Å². The summed E-state index contributed by atoms with van der Waals surface area (Å²) >= 11 is 1.26. The van der Waals surface area contributed by atoms with Crippen molar-refractivity contribution in [2.45, 2.75) is 0 Å². The van der Waals surface area contributed by atoms with E-state index in [1.54, 1.807) is 38.5 Å². The van der Waals surface area contributed by atoms with Gasteiger partial charge in [0.15, 0.2) is 11.6 Å². The van der Waals surface area contributed by atoms with Crippen molar-refractivity contribution in [2.24, 2.45) is 0 Å². The van der Waals surface area contributed by atoms with E-state index in [-0.39, 0.29) is 12.5 Å². The monoisotopic (exact) mass is 371 g/mol. The molecule has 0 aliphatic carbocycles. The Morgan fingerprint density at radius 1 is 1.04 bits per heavy atom. The number of anilines is 1. The van der Waals surface area contributed by atoms with Crippen LogP contribution in [0.2, 0.25) is 0 Å². The molecule has 0 bridgehead atoms. The van der Waals surface area contributed by atoms with Gasteiger partial charge in [-0.2, -0.15) is 0 Å². The molecule has 0 aliphatic heterocycles. The molecule has 2 aromatic carbocycles. The van der Waals surface area contributed by atoms with E-state index in [2.05, 4.69) is 15.5 Å². The van der Waals surface area contributed by atoms with E-state index >= 15 is 0 Å². The van der Waals surface area contributed by atoms with Gasteiger partial charge < -0.3 is 14.2 Å². The Labute approximate surface area is 154 Å². The number of nitrogens with one attached hydrogen (secondary N) is 1. The van der Waals surface area contributed by atoms with Crippen LogP contribution in [0, 0.1) is 0 Å². The number of methoxy groups -OCH3 is 2. The first-order chi connectivity index (χ1) is 12.7. The zero-order valence-electron chi connectivity index (χ0n) is 14.3. The molecule has 0 atom stereocenters. The molecule has 1 heterocycles. The van der Waals surface area contributed by atoms with Gasteiger partial charge in [0.25, 0.3) is 5.91 Å². The molecule has 0 spiro atoms. The quantitative estimate of drug-likeness (QED) is 0.687. The average Bonchev–Trinajstić information content (AvgIpc) is 3.14. The first-order valence-electron chi connectivity index (χ1n) is 7.73. The lowest BCUT2D eigenvalue weighted by atomic mass is 10.2. The number of nitrogens with zero attached hydrogens (tertiary/aromatic N) is 2. The minimum Gasteiger partial charge on any atom is -0.497 e. The van der Waals surface area contributed by atoms with Crippen LogP contribution in [0.25, 0.3) is 10.6 Å². The van der Waals surface area contributed by atoms with Gasteiger partial charge in [-0.25, -0.2) is 0 Å². The zero-order valence-corrected chi connectivity index (χ0v) is 15.1. The van der Waals surface area contributed by atoms with Gasteiger partial charge in [0.2, 0.25) is 5.13 Å². The van der Waals surface area contributed by atoms with E-state index in [9.17, 15) is 4.79 Å². The zero-order chi connectivity index (χ0) is 18.4. The number of carbonyl (C=O) groups is 1. The Kier molecular flexibility index (Phi) is 5.65. The molecule has 0 saturated heterocycles. The molecule has 3 rings (SSSR count). The SMILES string of the molecule is COc1cccc(OCC(=O)Nc2nnc(-c3ccccc3OC)s2)c1. The topological polar surface area (TPSA) is 82.6 Å². The molecular formula is C18H17N3O4S. The number of carbonyl (C=O) groups excluding carboxylic acids is 1. The second kappa shape index (κ2) is 8.30. The summed E-state index contributed by atoms with van der Waals surface area (Å²) in [7, 11) is 3.17. The van der Waals surface area contributed by atoms with Crippen molar-refractivity contribution in [3.63, 3.8) is 0 Å². The normalized spacial score (nSPS) is 10.2. The molecule has 0 unspecified atom stereocenters. The number of aromatic nitrogens is 2. The molecule has 134 valence electrons. The Bertz CT molecular complexity index is 897. The van der Waals surface area contributed by atoms with Crippen LogP contribution in [0.5, 0.6) is 17.2 Å². The second-order valence-corrected chi connectivity index (χ2v) is 6.11. The summed E-state index contributed by atoms with van der Waals surface area (Å²) in [5.41, 5.74) is 0.820. The Hall–Kier alpha value is -3.13. The lowest BCUT2D eigenvalue weighted by molar-refractivity contribution is -0.118. The van der Waals surface area contributed by atoms with Crippen LogP contribution < -0.4 is 19.5 Å². The highest BCUT2D eigenvalue weighted by Gasteiger charge is 2.13. The van der Waals surface area contributed by atoms with Crippen molar-refractivity contribution in [2.75, 3.05) is 26.1 Å². The van der Waals surface area contributed by atoms with Crippen molar-refractivity contribution in [1.29, 1.82) is 0 Å². The van der Waals surface area contributed by atoms with E-state index in [0.29, 0.717) is 27.4 Å². The van der Waals surface area contributed by atoms with Crippen molar-refractivity contribution in [3.8, 4) is 27.8 Å². The minimum absolute atomic E-state index is 0.142. The summed E-state index contributed by atoms with van der Waals surface area (Å²) in [5.74, 6) is 1.58. The van der Waals surface area contributed by atoms with Crippen LogP contribution >= 0.6 is 11.3 Å². The first kappa shape index (κ1) is 17.7. The molecule has 26 heavy (non-hydrogen) atoms. The van der Waals surface area contributed by atoms with Crippen LogP contribution in [0.15, 0.2) is 48.5 Å². The third-order valence-corrected chi connectivity index (χ3v) is 4.29. The van der Waals surface area contributed by atoms with Gasteiger partial charge in [-0.15, -0.1) is 10.2 Å². The Morgan fingerprint density at radius 2 is 1.85 bits per heavy atom. The van der Waals surface area contributed by atoms with E-state index in [1.165, 1.54) is 11.3 Å². The molecular weight excluding hydrogens is 354 g/mol. The molecule has 1 aromatic heterocycles. The molecule has 1 N–H and O–H groups in total. The van der Waals surface area contributed by atoms with Gasteiger partial charge >= 0.3 is 0 Å². The number of amides is 1. The van der Waals surface area contributed by atoms with Gasteiger partial charge in [0.1, 0.15) is 17.2 Å². The number of benzene rings is 2. The van der Waals surface area contributed by atoms with E-state index in [1.807, 2.05) is 24.3 Å². The maximum atomic E-state index is 12.1. The largest absolute Gasteiger partial charge is 0.497 e. The fraction of sp³-hybridized carbons (Fsp3) is 0.167. The molecule has 0 saturated carbocycles. The van der Waals surface area contributed by atoms with Gasteiger partial charge in [0.05, 0.1) is 19.8 Å². The summed E-state index contributed by atoms with van der Waals surface area (Å²) in [4.78, 5) is 12.1. The standard InChI is InChI=1S/C18H17N3O4S/c1-23-12-6-5-7-13(10-12)25-11-16(22)19-18-21-20-17(26-18)14-8-3-4-9-15(14)24-2/h3-10H,11H2,1-2H3,(H,19,21,22). The van der Waals surface area contributed by atoms with Crippen molar-refractivity contribution < 1.29 is 19.0 Å². The number of rotatable bonds is 7. The number of hydrogen-bond acceptors (Lipinski definition) is 7. The number of para-hydroxylation sites is 1. The van der Waals surface area contributed by atoms with Crippen LogP contribution in [-0.4, -0.2) is 36.9 Å². The molecule has 0 fully saturated rings. The smallest absolute Gasteiger partial charge is 0.264 e. The Morgan fingerprint density at radius 3 is 2.65 bits per heavy atom. The molecule has 3 aromatic rings. The lowest BCUT2D eigenvalue weighted by Crippen LogP contribution is -2.20. The maximum absolute atomic E-state index is 12.1. The highest BCUT2D eigenvalue weighted by molar-refractivity contribution is 7.18. The summed E-state index contributed by atoms with van der Waals surface area (Å²) in [5, 5.41) is 11.8. The molecule has 0 radical (unpaired) electrons. The van der Waals surface area contributed by atoms with E-state index in [4.69, 9.17) is 14.2 Å².